The maximum Gasteiger partial charge on any atom is 0.308 e. The minimum atomic E-state index is -0.858. The predicted octanol–water partition coefficient (Wildman–Crippen LogP) is 3.11. The number of rotatable bonds is 6. The molecule has 0 heterocycles. The van der Waals surface area contributed by atoms with Gasteiger partial charge in [0.15, 0.2) is 0 Å². The van der Waals surface area contributed by atoms with Crippen LogP contribution in [0.1, 0.15) is 37.9 Å². The topological polar surface area (TPSA) is 46.5 Å². The molecule has 1 N–H and O–H groups in total. The number of halogens is 1. The molecule has 0 radical (unpaired) electrons. The molecule has 0 aromatic heterocycles. The summed E-state index contributed by atoms with van der Waals surface area (Å²) in [4.78, 5) is 11.4. The summed E-state index contributed by atoms with van der Waals surface area (Å²) in [6, 6.07) is 6.84. The molecule has 3 nitrogen and oxygen atoms in total. The van der Waals surface area contributed by atoms with Crippen LogP contribution in [-0.4, -0.2) is 17.7 Å². The standard InChI is InChI=1S/C13H17ClO3/c1-2-3-7-17-13(16)9-12(15)10-5-4-6-11(14)8-10/h4-6,8,12,15H,2-3,7,9H2,1H3. The number of esters is 1. The van der Waals surface area contributed by atoms with E-state index >= 15 is 0 Å². The summed E-state index contributed by atoms with van der Waals surface area (Å²) in [7, 11) is 0. The van der Waals surface area contributed by atoms with Crippen LogP contribution in [0.15, 0.2) is 24.3 Å². The molecule has 0 saturated carbocycles. The first-order chi connectivity index (χ1) is 8.13. The number of ether oxygens (including phenoxy) is 1. The second-order valence-corrected chi connectivity index (χ2v) is 4.29. The van der Waals surface area contributed by atoms with E-state index in [-0.39, 0.29) is 12.4 Å². The van der Waals surface area contributed by atoms with Crippen molar-refractivity contribution in [1.82, 2.24) is 0 Å². The molecule has 1 unspecified atom stereocenters. The first-order valence-electron chi connectivity index (χ1n) is 5.72. The maximum atomic E-state index is 11.4. The Bertz CT molecular complexity index is 365. The fourth-order valence-corrected chi connectivity index (χ4v) is 1.58. The molecule has 0 fully saturated rings. The molecule has 0 bridgehead atoms. The molecule has 4 heteroatoms. The quantitative estimate of drug-likeness (QED) is 0.628. The zero-order chi connectivity index (χ0) is 12.7. The molecule has 0 aliphatic carbocycles. The first-order valence-corrected chi connectivity index (χ1v) is 6.10. The molecule has 0 amide bonds. The van der Waals surface area contributed by atoms with Gasteiger partial charge >= 0.3 is 5.97 Å². The summed E-state index contributed by atoms with van der Waals surface area (Å²) in [6.07, 6.45) is 0.926. The van der Waals surface area contributed by atoms with Crippen molar-refractivity contribution in [2.75, 3.05) is 6.61 Å². The normalized spacial score (nSPS) is 12.2. The molecule has 1 aromatic carbocycles. The number of aliphatic hydroxyl groups is 1. The first kappa shape index (κ1) is 14.0. The second kappa shape index (κ2) is 7.30. The zero-order valence-corrected chi connectivity index (χ0v) is 10.6. The molecular weight excluding hydrogens is 240 g/mol. The highest BCUT2D eigenvalue weighted by atomic mass is 35.5. The second-order valence-electron chi connectivity index (χ2n) is 3.85. The molecular formula is C13H17ClO3. The summed E-state index contributed by atoms with van der Waals surface area (Å²) >= 11 is 5.80. The Labute approximate surface area is 106 Å². The van der Waals surface area contributed by atoms with Crippen molar-refractivity contribution < 1.29 is 14.6 Å². The van der Waals surface area contributed by atoms with Gasteiger partial charge in [-0.25, -0.2) is 0 Å². The Balaban J connectivity index is 2.43. The highest BCUT2D eigenvalue weighted by molar-refractivity contribution is 6.30. The van der Waals surface area contributed by atoms with Crippen LogP contribution in [0.5, 0.6) is 0 Å². The summed E-state index contributed by atoms with van der Waals surface area (Å²) in [6.45, 7) is 2.44. The van der Waals surface area contributed by atoms with Gasteiger partial charge in [-0.3, -0.25) is 4.79 Å². The van der Waals surface area contributed by atoms with Crippen LogP contribution < -0.4 is 0 Å². The number of benzene rings is 1. The highest BCUT2D eigenvalue weighted by Gasteiger charge is 2.14. The third-order valence-electron chi connectivity index (χ3n) is 2.35. The van der Waals surface area contributed by atoms with E-state index in [4.69, 9.17) is 16.3 Å². The van der Waals surface area contributed by atoms with Gasteiger partial charge in [0, 0.05) is 5.02 Å². The van der Waals surface area contributed by atoms with Crippen LogP contribution in [0.4, 0.5) is 0 Å². The Morgan fingerprint density at radius 3 is 2.94 bits per heavy atom. The molecule has 17 heavy (non-hydrogen) atoms. The van der Waals surface area contributed by atoms with E-state index in [1.54, 1.807) is 24.3 Å². The van der Waals surface area contributed by atoms with Crippen LogP contribution in [0, 0.1) is 0 Å². The van der Waals surface area contributed by atoms with Crippen molar-refractivity contribution in [3.05, 3.63) is 34.9 Å². The van der Waals surface area contributed by atoms with E-state index in [0.29, 0.717) is 17.2 Å². The number of hydrogen-bond acceptors (Lipinski definition) is 3. The Hall–Kier alpha value is -1.06. The van der Waals surface area contributed by atoms with Crippen molar-refractivity contribution in [3.63, 3.8) is 0 Å². The van der Waals surface area contributed by atoms with Crippen molar-refractivity contribution in [3.8, 4) is 0 Å². The lowest BCUT2D eigenvalue weighted by atomic mass is 10.1. The maximum absolute atomic E-state index is 11.4. The summed E-state index contributed by atoms with van der Waals surface area (Å²) < 4.78 is 4.97. The number of carbonyl (C=O) groups is 1. The van der Waals surface area contributed by atoms with Gasteiger partial charge < -0.3 is 9.84 Å². The van der Waals surface area contributed by atoms with Gasteiger partial charge in [-0.1, -0.05) is 37.1 Å². The molecule has 1 rings (SSSR count). The summed E-state index contributed by atoms with van der Waals surface area (Å²) in [5.74, 6) is -0.383. The van der Waals surface area contributed by atoms with Crippen molar-refractivity contribution in [1.29, 1.82) is 0 Å². The lowest BCUT2D eigenvalue weighted by molar-refractivity contribution is -0.146. The van der Waals surface area contributed by atoms with Crippen molar-refractivity contribution in [2.45, 2.75) is 32.3 Å². The van der Waals surface area contributed by atoms with E-state index in [1.807, 2.05) is 6.92 Å². The average molecular weight is 257 g/mol. The van der Waals surface area contributed by atoms with E-state index in [9.17, 15) is 9.90 Å². The molecule has 0 saturated heterocycles. The SMILES string of the molecule is CCCCOC(=O)CC(O)c1cccc(Cl)c1. The third-order valence-corrected chi connectivity index (χ3v) is 2.59. The lowest BCUT2D eigenvalue weighted by Gasteiger charge is -2.10. The third kappa shape index (κ3) is 5.20. The Morgan fingerprint density at radius 2 is 2.29 bits per heavy atom. The fourth-order valence-electron chi connectivity index (χ4n) is 1.38. The predicted molar refractivity (Wildman–Crippen MR) is 66.9 cm³/mol. The molecule has 94 valence electrons. The van der Waals surface area contributed by atoms with Crippen LogP contribution in [0.2, 0.25) is 5.02 Å². The summed E-state index contributed by atoms with van der Waals surface area (Å²) in [5.41, 5.74) is 0.630. The van der Waals surface area contributed by atoms with Gasteiger partial charge in [0.2, 0.25) is 0 Å². The van der Waals surface area contributed by atoms with Gasteiger partial charge in [-0.15, -0.1) is 0 Å². The average Bonchev–Trinajstić information content (AvgIpc) is 2.29. The number of hydrogen-bond donors (Lipinski definition) is 1. The smallest absolute Gasteiger partial charge is 0.308 e. The highest BCUT2D eigenvalue weighted by Crippen LogP contribution is 2.20. The van der Waals surface area contributed by atoms with E-state index in [2.05, 4.69) is 0 Å². The van der Waals surface area contributed by atoms with E-state index < -0.39 is 6.10 Å². The largest absolute Gasteiger partial charge is 0.466 e. The minimum absolute atomic E-state index is 0.0376. The van der Waals surface area contributed by atoms with Gasteiger partial charge in [-0.2, -0.15) is 0 Å². The molecule has 0 aliphatic heterocycles. The van der Waals surface area contributed by atoms with Crippen LogP contribution in [0.3, 0.4) is 0 Å². The lowest BCUT2D eigenvalue weighted by Crippen LogP contribution is -2.11. The van der Waals surface area contributed by atoms with Gasteiger partial charge in [0.1, 0.15) is 0 Å². The van der Waals surface area contributed by atoms with E-state index in [0.717, 1.165) is 12.8 Å². The number of carbonyl (C=O) groups excluding carboxylic acids is 1. The molecule has 0 spiro atoms. The monoisotopic (exact) mass is 256 g/mol. The molecule has 0 aliphatic rings. The Morgan fingerprint density at radius 1 is 1.53 bits per heavy atom. The van der Waals surface area contributed by atoms with Crippen LogP contribution in [0.25, 0.3) is 0 Å². The molecule has 1 aromatic rings. The van der Waals surface area contributed by atoms with Gasteiger partial charge in [0.05, 0.1) is 19.1 Å². The van der Waals surface area contributed by atoms with Crippen molar-refractivity contribution in [2.24, 2.45) is 0 Å². The zero-order valence-electron chi connectivity index (χ0n) is 9.86. The van der Waals surface area contributed by atoms with Crippen molar-refractivity contribution >= 4 is 17.6 Å². The minimum Gasteiger partial charge on any atom is -0.466 e. The fraction of sp³-hybridized carbons (Fsp3) is 0.462. The molecule has 1 atom stereocenters. The van der Waals surface area contributed by atoms with Crippen LogP contribution >= 0.6 is 11.6 Å². The van der Waals surface area contributed by atoms with E-state index in [1.165, 1.54) is 0 Å². The Kier molecular flexibility index (Phi) is 6.01. The van der Waals surface area contributed by atoms with Gasteiger partial charge in [-0.05, 0) is 24.1 Å². The summed E-state index contributed by atoms with van der Waals surface area (Å²) in [5, 5.41) is 10.4. The number of aliphatic hydroxyl groups excluding tert-OH is 1. The van der Waals surface area contributed by atoms with Crippen LogP contribution in [-0.2, 0) is 9.53 Å². The van der Waals surface area contributed by atoms with Gasteiger partial charge in [0.25, 0.3) is 0 Å². The number of unbranched alkanes of at least 4 members (excludes halogenated alkanes) is 1.